The second-order valence-electron chi connectivity index (χ2n) is 6.32. The van der Waals surface area contributed by atoms with Gasteiger partial charge in [-0.2, -0.15) is 0 Å². The summed E-state index contributed by atoms with van der Waals surface area (Å²) < 4.78 is 0. The minimum atomic E-state index is -0.783. The molecule has 0 saturated carbocycles. The zero-order valence-corrected chi connectivity index (χ0v) is 12.4. The largest absolute Gasteiger partial charge is 0.481 e. The number of likely N-dealkylation sites (tertiary alicyclic amines) is 1. The first-order chi connectivity index (χ1) is 9.34. The van der Waals surface area contributed by atoms with E-state index in [1.807, 2.05) is 13.8 Å². The molecule has 6 heteroatoms. The molecule has 3 N–H and O–H groups in total. The second-order valence-corrected chi connectivity index (χ2v) is 6.32. The van der Waals surface area contributed by atoms with Gasteiger partial charge < -0.3 is 20.4 Å². The van der Waals surface area contributed by atoms with Gasteiger partial charge in [-0.25, -0.2) is 4.79 Å². The minimum Gasteiger partial charge on any atom is -0.481 e. The quantitative estimate of drug-likeness (QED) is 0.658. The lowest BCUT2D eigenvalue weighted by Gasteiger charge is -2.25. The highest BCUT2D eigenvalue weighted by Crippen LogP contribution is 2.26. The van der Waals surface area contributed by atoms with E-state index in [0.717, 1.165) is 12.8 Å². The Balaban J connectivity index is 2.23. The van der Waals surface area contributed by atoms with Crippen molar-refractivity contribution in [3.05, 3.63) is 0 Å². The van der Waals surface area contributed by atoms with E-state index in [4.69, 9.17) is 10.2 Å². The van der Waals surface area contributed by atoms with Crippen molar-refractivity contribution in [3.8, 4) is 0 Å². The van der Waals surface area contributed by atoms with Gasteiger partial charge in [-0.15, -0.1) is 0 Å². The molecular weight excluding hydrogens is 260 g/mol. The number of aliphatic hydroxyl groups excluding tert-OH is 1. The first-order valence-corrected chi connectivity index (χ1v) is 7.19. The van der Waals surface area contributed by atoms with E-state index in [9.17, 15) is 9.59 Å². The molecule has 0 aromatic heterocycles. The first-order valence-electron chi connectivity index (χ1n) is 7.19. The maximum atomic E-state index is 11.9. The number of carboxylic acid groups (broad SMARTS) is 1. The van der Waals surface area contributed by atoms with Gasteiger partial charge in [0.2, 0.25) is 0 Å². The Morgan fingerprint density at radius 3 is 2.60 bits per heavy atom. The summed E-state index contributed by atoms with van der Waals surface area (Å²) in [6, 6.07) is -0.0880. The number of hydrogen-bond donors (Lipinski definition) is 3. The highest BCUT2D eigenvalue weighted by atomic mass is 16.4. The molecule has 0 spiro atoms. The van der Waals surface area contributed by atoms with Gasteiger partial charge in [0.25, 0.3) is 0 Å². The van der Waals surface area contributed by atoms with E-state index in [1.165, 1.54) is 0 Å². The first kappa shape index (κ1) is 16.8. The zero-order valence-electron chi connectivity index (χ0n) is 12.4. The van der Waals surface area contributed by atoms with Crippen LogP contribution in [0.25, 0.3) is 0 Å². The predicted octanol–water partition coefficient (Wildman–Crippen LogP) is 1.29. The van der Waals surface area contributed by atoms with E-state index in [1.54, 1.807) is 4.90 Å². The molecule has 1 unspecified atom stereocenters. The standard InChI is InChI=1S/C14H26N2O4/c1-14(2,5-3-12(18)19)6-7-15-13(20)16-8-4-11(9-16)10-17/h11,17H,3-10H2,1-2H3,(H,15,20)(H,18,19). The average molecular weight is 286 g/mol. The molecule has 20 heavy (non-hydrogen) atoms. The lowest BCUT2D eigenvalue weighted by molar-refractivity contribution is -0.137. The third kappa shape index (κ3) is 5.77. The van der Waals surface area contributed by atoms with Crippen molar-refractivity contribution in [1.29, 1.82) is 0 Å². The number of carbonyl (C=O) groups excluding carboxylic acids is 1. The van der Waals surface area contributed by atoms with Crippen molar-refractivity contribution in [3.63, 3.8) is 0 Å². The number of aliphatic carboxylic acids is 1. The van der Waals surface area contributed by atoms with Crippen LogP contribution in [0.15, 0.2) is 0 Å². The molecule has 0 aromatic rings. The van der Waals surface area contributed by atoms with Crippen LogP contribution in [-0.4, -0.2) is 53.4 Å². The summed E-state index contributed by atoms with van der Waals surface area (Å²) >= 11 is 0. The maximum Gasteiger partial charge on any atom is 0.317 e. The lowest BCUT2D eigenvalue weighted by Crippen LogP contribution is -2.40. The molecule has 0 radical (unpaired) electrons. The SMILES string of the molecule is CC(C)(CCNC(=O)N1CCC(CO)C1)CCC(=O)O. The van der Waals surface area contributed by atoms with Crippen molar-refractivity contribution in [2.75, 3.05) is 26.2 Å². The maximum absolute atomic E-state index is 11.9. The smallest absolute Gasteiger partial charge is 0.317 e. The Kier molecular flexibility index (Phi) is 6.26. The summed E-state index contributed by atoms with van der Waals surface area (Å²) in [5, 5.41) is 20.6. The molecule has 2 amide bonds. The van der Waals surface area contributed by atoms with Gasteiger partial charge in [0.05, 0.1) is 0 Å². The van der Waals surface area contributed by atoms with E-state index < -0.39 is 5.97 Å². The minimum absolute atomic E-state index is 0.0880. The fraction of sp³-hybridized carbons (Fsp3) is 0.857. The van der Waals surface area contributed by atoms with E-state index in [2.05, 4.69) is 5.32 Å². The third-order valence-corrected chi connectivity index (χ3v) is 3.92. The summed E-state index contributed by atoms with van der Waals surface area (Å²) in [6.45, 7) is 6.02. The molecule has 6 nitrogen and oxygen atoms in total. The van der Waals surface area contributed by atoms with Crippen LogP contribution in [0.3, 0.4) is 0 Å². The Labute approximate surface area is 120 Å². The molecule has 1 atom stereocenters. The molecule has 1 saturated heterocycles. The molecule has 1 aliphatic heterocycles. The van der Waals surface area contributed by atoms with Crippen molar-refractivity contribution in [1.82, 2.24) is 10.2 Å². The molecule has 1 aliphatic rings. The van der Waals surface area contributed by atoms with Crippen LogP contribution in [0.5, 0.6) is 0 Å². The molecule has 116 valence electrons. The van der Waals surface area contributed by atoms with Gasteiger partial charge in [-0.3, -0.25) is 4.79 Å². The van der Waals surface area contributed by atoms with Gasteiger partial charge in [0.15, 0.2) is 0 Å². The topological polar surface area (TPSA) is 89.9 Å². The average Bonchev–Trinajstić information content (AvgIpc) is 2.85. The number of nitrogens with one attached hydrogen (secondary N) is 1. The van der Waals surface area contributed by atoms with Gasteiger partial charge in [0, 0.05) is 38.6 Å². The summed E-state index contributed by atoms with van der Waals surface area (Å²) in [6.07, 6.45) is 2.37. The third-order valence-electron chi connectivity index (χ3n) is 3.92. The number of carboxylic acids is 1. The Hall–Kier alpha value is -1.30. The Morgan fingerprint density at radius 2 is 2.05 bits per heavy atom. The number of urea groups is 1. The molecule has 1 fully saturated rings. The van der Waals surface area contributed by atoms with Gasteiger partial charge >= 0.3 is 12.0 Å². The van der Waals surface area contributed by atoms with E-state index >= 15 is 0 Å². The molecule has 1 heterocycles. The summed E-state index contributed by atoms with van der Waals surface area (Å²) in [7, 11) is 0. The molecular formula is C14H26N2O4. The van der Waals surface area contributed by atoms with Crippen molar-refractivity contribution >= 4 is 12.0 Å². The second kappa shape index (κ2) is 7.47. The van der Waals surface area contributed by atoms with E-state index in [-0.39, 0.29) is 30.4 Å². The van der Waals surface area contributed by atoms with Gasteiger partial charge in [0.1, 0.15) is 0 Å². The fourth-order valence-electron chi connectivity index (χ4n) is 2.36. The molecule has 0 aliphatic carbocycles. The van der Waals surface area contributed by atoms with E-state index in [0.29, 0.717) is 26.1 Å². The van der Waals surface area contributed by atoms with Crippen LogP contribution in [0.2, 0.25) is 0 Å². The number of rotatable bonds is 7. The highest BCUT2D eigenvalue weighted by molar-refractivity contribution is 5.74. The molecule has 0 aromatic carbocycles. The Morgan fingerprint density at radius 1 is 1.35 bits per heavy atom. The summed E-state index contributed by atoms with van der Waals surface area (Å²) in [5.74, 6) is -0.581. The van der Waals surface area contributed by atoms with Crippen LogP contribution in [-0.2, 0) is 4.79 Å². The highest BCUT2D eigenvalue weighted by Gasteiger charge is 2.26. The lowest BCUT2D eigenvalue weighted by atomic mass is 9.84. The van der Waals surface area contributed by atoms with Gasteiger partial charge in [-0.05, 0) is 24.7 Å². The molecule has 1 rings (SSSR count). The number of hydrogen-bond acceptors (Lipinski definition) is 3. The van der Waals surface area contributed by atoms with Crippen molar-refractivity contribution < 1.29 is 19.8 Å². The van der Waals surface area contributed by atoms with Crippen LogP contribution in [0.1, 0.15) is 39.5 Å². The normalized spacial score (nSPS) is 19.1. The Bertz CT molecular complexity index is 344. The summed E-state index contributed by atoms with van der Waals surface area (Å²) in [5.41, 5.74) is -0.0929. The number of nitrogens with zero attached hydrogens (tertiary/aromatic N) is 1. The molecule has 0 bridgehead atoms. The number of amides is 2. The fourth-order valence-corrected chi connectivity index (χ4v) is 2.36. The number of carbonyl (C=O) groups is 2. The van der Waals surface area contributed by atoms with Crippen molar-refractivity contribution in [2.24, 2.45) is 11.3 Å². The number of aliphatic hydroxyl groups is 1. The summed E-state index contributed by atoms with van der Waals surface area (Å²) in [4.78, 5) is 24.2. The van der Waals surface area contributed by atoms with Crippen LogP contribution < -0.4 is 5.32 Å². The monoisotopic (exact) mass is 286 g/mol. The van der Waals surface area contributed by atoms with Crippen LogP contribution in [0, 0.1) is 11.3 Å². The van der Waals surface area contributed by atoms with Crippen LogP contribution in [0.4, 0.5) is 4.79 Å². The van der Waals surface area contributed by atoms with Gasteiger partial charge in [-0.1, -0.05) is 13.8 Å². The van der Waals surface area contributed by atoms with Crippen LogP contribution >= 0.6 is 0 Å². The zero-order chi connectivity index (χ0) is 15.2. The predicted molar refractivity (Wildman–Crippen MR) is 75.4 cm³/mol. The van der Waals surface area contributed by atoms with Crippen molar-refractivity contribution in [2.45, 2.75) is 39.5 Å².